The minimum atomic E-state index is -1.30. The van der Waals surface area contributed by atoms with E-state index in [1.165, 1.54) is 33.3 Å². The number of carboxylic acids is 1. The molecule has 6 amide bonds. The Hall–Kier alpha value is -4.89. The van der Waals surface area contributed by atoms with Crippen molar-refractivity contribution in [2.45, 2.75) is 29.3 Å². The lowest BCUT2D eigenvalue weighted by atomic mass is 10.0. The Bertz CT molecular complexity index is 1810. The number of hydrogen-bond acceptors (Lipinski definition) is 9. The number of rotatable bonds is 9. The van der Waals surface area contributed by atoms with E-state index in [1.54, 1.807) is 43.5 Å². The van der Waals surface area contributed by atoms with Crippen molar-refractivity contribution in [1.29, 1.82) is 0 Å². The Morgan fingerprint density at radius 2 is 1.79 bits per heavy atom. The molecule has 4 heterocycles. The number of benzene rings is 2. The second kappa shape index (κ2) is 13.5. The van der Waals surface area contributed by atoms with Crippen molar-refractivity contribution in [2.75, 3.05) is 31.1 Å². The fourth-order valence-electron chi connectivity index (χ4n) is 5.71. The van der Waals surface area contributed by atoms with Crippen molar-refractivity contribution in [1.82, 2.24) is 30.3 Å². The summed E-state index contributed by atoms with van der Waals surface area (Å²) in [7, 11) is 0. The Morgan fingerprint density at radius 3 is 2.53 bits per heavy atom. The topological polar surface area (TPSA) is 169 Å². The summed E-state index contributed by atoms with van der Waals surface area (Å²) in [5, 5.41) is 15.7. The van der Waals surface area contributed by atoms with Gasteiger partial charge in [0.2, 0.25) is 5.91 Å². The normalized spacial score (nSPS) is 20.1. The molecular formula is C32H30N6O7S2. The summed E-state index contributed by atoms with van der Waals surface area (Å²) in [6, 6.07) is 14.6. The first-order valence-electron chi connectivity index (χ1n) is 14.8. The zero-order chi connectivity index (χ0) is 33.2. The van der Waals surface area contributed by atoms with Gasteiger partial charge in [0.05, 0.1) is 5.52 Å². The number of β-lactam (4-membered cyclic amide) rings is 1. The Morgan fingerprint density at radius 1 is 1.02 bits per heavy atom. The molecule has 47 heavy (non-hydrogen) atoms. The number of aromatic nitrogens is 1. The first-order chi connectivity index (χ1) is 22.7. The summed E-state index contributed by atoms with van der Waals surface area (Å²) in [6.45, 7) is 2.18. The molecule has 3 aliphatic heterocycles. The summed E-state index contributed by atoms with van der Waals surface area (Å²) in [5.74, 6) is -3.70. The van der Waals surface area contributed by atoms with Gasteiger partial charge in [0.25, 0.3) is 5.91 Å². The van der Waals surface area contributed by atoms with E-state index in [0.29, 0.717) is 29.2 Å². The van der Waals surface area contributed by atoms with Gasteiger partial charge < -0.3 is 20.6 Å². The van der Waals surface area contributed by atoms with Crippen LogP contribution in [0.25, 0.3) is 10.9 Å². The van der Waals surface area contributed by atoms with Gasteiger partial charge in [-0.25, -0.2) is 9.59 Å². The highest BCUT2D eigenvalue weighted by Gasteiger charge is 2.54. The molecule has 1 aromatic heterocycles. The molecule has 13 nitrogen and oxygen atoms in total. The number of hydrogen-bond donors (Lipinski definition) is 3. The predicted molar refractivity (Wildman–Crippen MR) is 174 cm³/mol. The third-order valence-electron chi connectivity index (χ3n) is 8.14. The van der Waals surface area contributed by atoms with Crippen LogP contribution in [0.2, 0.25) is 0 Å². The molecule has 3 aromatic rings. The number of nitrogens with one attached hydrogen (secondary N) is 2. The van der Waals surface area contributed by atoms with Crippen LogP contribution in [0.5, 0.6) is 0 Å². The molecule has 0 radical (unpaired) electrons. The highest BCUT2D eigenvalue weighted by Crippen LogP contribution is 2.42. The van der Waals surface area contributed by atoms with E-state index in [-0.39, 0.29) is 18.8 Å². The number of nitrogens with zero attached hydrogens (tertiary/aromatic N) is 4. The number of piperazine rings is 1. The van der Waals surface area contributed by atoms with Gasteiger partial charge in [-0.3, -0.25) is 34.0 Å². The molecule has 2 fully saturated rings. The number of carbonyl (C=O) groups is 6. The van der Waals surface area contributed by atoms with E-state index in [0.717, 1.165) is 20.7 Å². The SMILES string of the molecule is CCN1CCN(C(=O)N[C@@H](C(=O)N[C@@H]2C(=O)N3C(C(=O)O)=C(CSc4cccc5cccnc45)CS[C@H]23)c2ccccc2)C(=O)C1=O. The molecule has 2 saturated heterocycles. The van der Waals surface area contributed by atoms with Gasteiger partial charge in [-0.2, -0.15) is 0 Å². The van der Waals surface area contributed by atoms with E-state index in [9.17, 15) is 33.9 Å². The van der Waals surface area contributed by atoms with Gasteiger partial charge in [0.15, 0.2) is 0 Å². The first-order valence-corrected chi connectivity index (χ1v) is 16.9. The highest BCUT2D eigenvalue weighted by atomic mass is 32.2. The molecule has 0 unspecified atom stereocenters. The zero-order valence-corrected chi connectivity index (χ0v) is 26.8. The molecule has 0 spiro atoms. The Kier molecular flexibility index (Phi) is 9.18. The van der Waals surface area contributed by atoms with Gasteiger partial charge in [-0.1, -0.05) is 48.5 Å². The van der Waals surface area contributed by atoms with Crippen molar-refractivity contribution >= 4 is 70.1 Å². The third-order valence-corrected chi connectivity index (χ3v) is 10.6. The van der Waals surface area contributed by atoms with Crippen molar-refractivity contribution in [2.24, 2.45) is 0 Å². The largest absolute Gasteiger partial charge is 0.477 e. The fraction of sp³-hybridized carbons (Fsp3) is 0.281. The number of pyridine rings is 1. The number of likely N-dealkylation sites (N-methyl/N-ethyl adjacent to an activating group) is 1. The van der Waals surface area contributed by atoms with Crippen molar-refractivity contribution < 1.29 is 33.9 Å². The van der Waals surface area contributed by atoms with Crippen LogP contribution in [0, 0.1) is 0 Å². The molecular weight excluding hydrogens is 645 g/mol. The number of fused-ring (bicyclic) bond motifs is 2. The van der Waals surface area contributed by atoms with E-state index >= 15 is 0 Å². The fourth-order valence-corrected chi connectivity index (χ4v) is 8.23. The van der Waals surface area contributed by atoms with E-state index in [2.05, 4.69) is 15.6 Å². The van der Waals surface area contributed by atoms with Crippen LogP contribution in [0.1, 0.15) is 18.5 Å². The van der Waals surface area contributed by atoms with Crippen LogP contribution in [-0.4, -0.2) is 103 Å². The Labute approximate surface area is 277 Å². The summed E-state index contributed by atoms with van der Waals surface area (Å²) >= 11 is 2.78. The van der Waals surface area contributed by atoms with Crippen LogP contribution < -0.4 is 10.6 Å². The Balaban J connectivity index is 1.17. The van der Waals surface area contributed by atoms with Crippen LogP contribution in [0.4, 0.5) is 4.79 Å². The van der Waals surface area contributed by atoms with Crippen LogP contribution in [0.15, 0.2) is 83.0 Å². The standard InChI is InChI=1S/C32H30N6O7S2/c1-2-36-14-15-37(29(42)28(36)41)32(45)35-23(19-8-4-3-5-9-19)26(39)34-24-27(40)38-25(31(43)44)20(17-47-30(24)38)16-46-21-12-6-10-18-11-7-13-33-22(18)21/h3-13,23-24,30H,2,14-17H2,1H3,(H,34,39)(H,35,45)(H,43,44)/t23-,24-,30-/m1/s1. The summed E-state index contributed by atoms with van der Waals surface area (Å²) in [6.07, 6.45) is 1.70. The van der Waals surface area contributed by atoms with Crippen molar-refractivity contribution in [3.05, 3.63) is 83.7 Å². The molecule has 242 valence electrons. The van der Waals surface area contributed by atoms with Gasteiger partial charge >= 0.3 is 23.8 Å². The molecule has 2 aromatic carbocycles. The summed E-state index contributed by atoms with van der Waals surface area (Å²) in [5.41, 5.74) is 1.66. The highest BCUT2D eigenvalue weighted by molar-refractivity contribution is 8.01. The lowest BCUT2D eigenvalue weighted by Gasteiger charge is -2.49. The average molecular weight is 675 g/mol. The number of imide groups is 1. The quantitative estimate of drug-likeness (QED) is 0.174. The predicted octanol–water partition coefficient (Wildman–Crippen LogP) is 2.21. The molecule has 6 rings (SSSR count). The molecule has 0 saturated carbocycles. The van der Waals surface area contributed by atoms with E-state index in [1.807, 2.05) is 30.3 Å². The van der Waals surface area contributed by atoms with Gasteiger partial charge in [-0.05, 0) is 30.2 Å². The molecule has 3 atom stereocenters. The van der Waals surface area contributed by atoms with Crippen LogP contribution in [-0.2, 0) is 24.0 Å². The maximum Gasteiger partial charge on any atom is 0.352 e. The summed E-state index contributed by atoms with van der Waals surface area (Å²) < 4.78 is 0. The lowest BCUT2D eigenvalue weighted by Crippen LogP contribution is -2.71. The number of para-hydroxylation sites is 1. The average Bonchev–Trinajstić information content (AvgIpc) is 3.09. The zero-order valence-electron chi connectivity index (χ0n) is 25.1. The number of urea groups is 1. The maximum absolute atomic E-state index is 13.7. The maximum atomic E-state index is 13.7. The number of amides is 6. The second-order valence-corrected chi connectivity index (χ2v) is 13.0. The van der Waals surface area contributed by atoms with Gasteiger partial charge in [0, 0.05) is 47.6 Å². The number of carbonyl (C=O) groups excluding carboxylic acids is 5. The minimum Gasteiger partial charge on any atom is -0.477 e. The van der Waals surface area contributed by atoms with Gasteiger partial charge in [-0.15, -0.1) is 23.5 Å². The molecule has 0 bridgehead atoms. The number of thioether (sulfide) groups is 2. The molecule has 3 N–H and O–H groups in total. The van der Waals surface area contributed by atoms with Gasteiger partial charge in [0.1, 0.15) is 23.2 Å². The molecule has 3 aliphatic rings. The minimum absolute atomic E-state index is 0.0376. The molecule has 0 aliphatic carbocycles. The first kappa shape index (κ1) is 32.1. The summed E-state index contributed by atoms with van der Waals surface area (Å²) in [4.78, 5) is 86.3. The number of carboxylic acid groups (broad SMARTS) is 1. The number of aliphatic carboxylic acids is 1. The van der Waals surface area contributed by atoms with E-state index in [4.69, 9.17) is 0 Å². The van der Waals surface area contributed by atoms with Crippen LogP contribution in [0.3, 0.4) is 0 Å². The van der Waals surface area contributed by atoms with Crippen molar-refractivity contribution in [3.8, 4) is 0 Å². The molecule has 15 heteroatoms. The smallest absolute Gasteiger partial charge is 0.352 e. The third kappa shape index (κ3) is 6.15. The second-order valence-electron chi connectivity index (χ2n) is 10.9. The van der Waals surface area contributed by atoms with Crippen molar-refractivity contribution in [3.63, 3.8) is 0 Å². The monoisotopic (exact) mass is 674 g/mol. The van der Waals surface area contributed by atoms with Crippen LogP contribution >= 0.6 is 23.5 Å². The lowest BCUT2D eigenvalue weighted by molar-refractivity contribution is -0.153. The van der Waals surface area contributed by atoms with E-state index < -0.39 is 53.1 Å².